The van der Waals surface area contributed by atoms with Gasteiger partial charge >= 0.3 is 10.2 Å². The highest BCUT2D eigenvalue weighted by Gasteiger charge is 2.28. The molecule has 0 saturated carbocycles. The van der Waals surface area contributed by atoms with Crippen molar-refractivity contribution in [2.45, 2.75) is 19.8 Å². The molecule has 1 fully saturated rings. The second-order valence-corrected chi connectivity index (χ2v) is 6.73. The van der Waals surface area contributed by atoms with Crippen LogP contribution in [0.3, 0.4) is 0 Å². The lowest BCUT2D eigenvalue weighted by molar-refractivity contribution is 0.170. The number of nitrogens with one attached hydrogen (secondary N) is 1. The molecule has 2 rings (SSSR count). The average Bonchev–Trinajstić information content (AvgIpc) is 2.49. The Labute approximate surface area is 125 Å². The van der Waals surface area contributed by atoms with Crippen LogP contribution < -0.4 is 9.46 Å². The number of rotatable bonds is 6. The fourth-order valence-electron chi connectivity index (χ4n) is 2.37. The molecule has 0 aromatic heterocycles. The van der Waals surface area contributed by atoms with Gasteiger partial charge in [0, 0.05) is 19.7 Å². The second-order valence-electron chi connectivity index (χ2n) is 5.06. The van der Waals surface area contributed by atoms with Gasteiger partial charge in [-0.1, -0.05) is 12.1 Å². The minimum atomic E-state index is -3.59. The third-order valence-corrected chi connectivity index (χ3v) is 5.12. The molecule has 0 bridgehead atoms. The van der Waals surface area contributed by atoms with Gasteiger partial charge in [-0.3, -0.25) is 4.72 Å². The van der Waals surface area contributed by atoms with Crippen molar-refractivity contribution in [2.75, 3.05) is 31.0 Å². The zero-order valence-electron chi connectivity index (χ0n) is 12.2. The van der Waals surface area contributed by atoms with Gasteiger partial charge in [-0.25, -0.2) is 0 Å². The Morgan fingerprint density at radius 1 is 1.33 bits per heavy atom. The zero-order chi connectivity index (χ0) is 15.3. The summed E-state index contributed by atoms with van der Waals surface area (Å²) in [6, 6.07) is 6.98. The van der Waals surface area contributed by atoms with Crippen molar-refractivity contribution in [1.29, 1.82) is 0 Å². The monoisotopic (exact) mass is 314 g/mol. The summed E-state index contributed by atoms with van der Waals surface area (Å²) in [6.07, 6.45) is 1.37. The van der Waals surface area contributed by atoms with E-state index in [4.69, 9.17) is 9.84 Å². The normalized spacial score (nSPS) is 17.6. The molecule has 1 aromatic rings. The van der Waals surface area contributed by atoms with E-state index in [1.807, 2.05) is 6.92 Å². The average molecular weight is 314 g/mol. The molecule has 6 nitrogen and oxygen atoms in total. The smallest absolute Gasteiger partial charge is 0.301 e. The predicted octanol–water partition coefficient (Wildman–Crippen LogP) is 1.45. The summed E-state index contributed by atoms with van der Waals surface area (Å²) >= 11 is 0. The SMILES string of the molecule is CCOc1ccccc1NS(=O)(=O)N1CCC(CO)CC1. The lowest BCUT2D eigenvalue weighted by atomic mass is 10.00. The van der Waals surface area contributed by atoms with Crippen LogP contribution in [0.4, 0.5) is 5.69 Å². The highest BCUT2D eigenvalue weighted by atomic mass is 32.2. The van der Waals surface area contributed by atoms with E-state index in [9.17, 15) is 8.42 Å². The maximum Gasteiger partial charge on any atom is 0.301 e. The van der Waals surface area contributed by atoms with Gasteiger partial charge in [0.1, 0.15) is 5.75 Å². The van der Waals surface area contributed by atoms with Crippen molar-refractivity contribution in [3.8, 4) is 5.75 Å². The lowest BCUT2D eigenvalue weighted by Gasteiger charge is -2.30. The van der Waals surface area contributed by atoms with Crippen LogP contribution in [-0.2, 0) is 10.2 Å². The topological polar surface area (TPSA) is 78.9 Å². The van der Waals surface area contributed by atoms with E-state index in [1.54, 1.807) is 24.3 Å². The van der Waals surface area contributed by atoms with Crippen molar-refractivity contribution in [2.24, 2.45) is 5.92 Å². The van der Waals surface area contributed by atoms with E-state index >= 15 is 0 Å². The zero-order valence-corrected chi connectivity index (χ0v) is 13.0. The van der Waals surface area contributed by atoms with Crippen molar-refractivity contribution in [3.05, 3.63) is 24.3 Å². The molecular formula is C14H22N2O4S. The number of ether oxygens (including phenoxy) is 1. The number of hydrogen-bond acceptors (Lipinski definition) is 4. The Hall–Kier alpha value is -1.31. The first-order chi connectivity index (χ1) is 10.1. The minimum Gasteiger partial charge on any atom is -0.492 e. The molecule has 0 radical (unpaired) electrons. The molecule has 21 heavy (non-hydrogen) atoms. The first-order valence-corrected chi connectivity index (χ1v) is 8.61. The molecule has 0 unspecified atom stereocenters. The first kappa shape index (κ1) is 16.1. The van der Waals surface area contributed by atoms with Gasteiger partial charge in [-0.2, -0.15) is 12.7 Å². The molecule has 0 spiro atoms. The van der Waals surface area contributed by atoms with Crippen LogP contribution in [0.1, 0.15) is 19.8 Å². The van der Waals surface area contributed by atoms with Crippen molar-refractivity contribution in [3.63, 3.8) is 0 Å². The third-order valence-electron chi connectivity index (χ3n) is 3.60. The van der Waals surface area contributed by atoms with Gasteiger partial charge in [0.15, 0.2) is 0 Å². The van der Waals surface area contributed by atoms with Gasteiger partial charge in [0.05, 0.1) is 12.3 Å². The van der Waals surface area contributed by atoms with E-state index in [1.165, 1.54) is 4.31 Å². The van der Waals surface area contributed by atoms with Gasteiger partial charge in [-0.15, -0.1) is 0 Å². The number of benzene rings is 1. The molecule has 1 aliphatic rings. The van der Waals surface area contributed by atoms with Gasteiger partial charge in [-0.05, 0) is 37.8 Å². The van der Waals surface area contributed by atoms with Crippen LogP contribution in [0.25, 0.3) is 0 Å². The Kier molecular flexibility index (Phi) is 5.44. The minimum absolute atomic E-state index is 0.120. The van der Waals surface area contributed by atoms with Crippen molar-refractivity contribution in [1.82, 2.24) is 4.31 Å². The molecule has 1 aromatic carbocycles. The number of anilines is 1. The van der Waals surface area contributed by atoms with Gasteiger partial charge in [0.2, 0.25) is 0 Å². The fraction of sp³-hybridized carbons (Fsp3) is 0.571. The van der Waals surface area contributed by atoms with E-state index in [0.29, 0.717) is 44.0 Å². The number of piperidine rings is 1. The molecule has 0 atom stereocenters. The summed E-state index contributed by atoms with van der Waals surface area (Å²) in [4.78, 5) is 0. The lowest BCUT2D eigenvalue weighted by Crippen LogP contribution is -2.42. The summed E-state index contributed by atoms with van der Waals surface area (Å²) in [5.41, 5.74) is 0.448. The van der Waals surface area contributed by atoms with Crippen molar-refractivity contribution >= 4 is 15.9 Å². The third kappa shape index (κ3) is 4.09. The number of nitrogens with zero attached hydrogens (tertiary/aromatic N) is 1. The Balaban J connectivity index is 2.08. The maximum atomic E-state index is 12.4. The molecule has 1 heterocycles. The predicted molar refractivity (Wildman–Crippen MR) is 81.5 cm³/mol. The molecular weight excluding hydrogens is 292 g/mol. The van der Waals surface area contributed by atoms with Gasteiger partial charge in [0.25, 0.3) is 0 Å². The van der Waals surface area contributed by atoms with Crippen LogP contribution in [0.2, 0.25) is 0 Å². The highest BCUT2D eigenvalue weighted by molar-refractivity contribution is 7.90. The molecule has 1 saturated heterocycles. The molecule has 1 aliphatic heterocycles. The number of hydrogen-bond donors (Lipinski definition) is 2. The largest absolute Gasteiger partial charge is 0.492 e. The summed E-state index contributed by atoms with van der Waals surface area (Å²) in [6.45, 7) is 3.30. The van der Waals surface area contributed by atoms with E-state index in [2.05, 4.69) is 4.72 Å². The standard InChI is InChI=1S/C14H22N2O4S/c1-2-20-14-6-4-3-5-13(14)15-21(18,19)16-9-7-12(11-17)8-10-16/h3-6,12,15,17H,2,7-11H2,1H3. The Morgan fingerprint density at radius 2 is 2.00 bits per heavy atom. The molecule has 2 N–H and O–H groups in total. The van der Waals surface area contributed by atoms with E-state index in [0.717, 1.165) is 0 Å². The summed E-state index contributed by atoms with van der Waals surface area (Å²) in [5, 5.41) is 9.11. The molecule has 118 valence electrons. The maximum absolute atomic E-state index is 12.4. The van der Waals surface area contributed by atoms with E-state index < -0.39 is 10.2 Å². The van der Waals surface area contributed by atoms with E-state index in [-0.39, 0.29) is 12.5 Å². The summed E-state index contributed by atoms with van der Waals surface area (Å²) in [7, 11) is -3.59. The summed E-state index contributed by atoms with van der Waals surface area (Å²) < 4.78 is 34.2. The van der Waals surface area contributed by atoms with Crippen LogP contribution in [-0.4, -0.2) is 44.1 Å². The number of aliphatic hydroxyl groups excluding tert-OH is 1. The van der Waals surface area contributed by atoms with Crippen LogP contribution in [0.5, 0.6) is 5.75 Å². The molecule has 0 aliphatic carbocycles. The van der Waals surface area contributed by atoms with Crippen LogP contribution in [0, 0.1) is 5.92 Å². The van der Waals surface area contributed by atoms with Crippen molar-refractivity contribution < 1.29 is 18.3 Å². The van der Waals surface area contributed by atoms with Crippen LogP contribution >= 0.6 is 0 Å². The highest BCUT2D eigenvalue weighted by Crippen LogP contribution is 2.27. The molecule has 7 heteroatoms. The molecule has 0 amide bonds. The van der Waals surface area contributed by atoms with Crippen LogP contribution in [0.15, 0.2) is 24.3 Å². The van der Waals surface area contributed by atoms with Gasteiger partial charge < -0.3 is 9.84 Å². The summed E-state index contributed by atoms with van der Waals surface area (Å²) in [5.74, 6) is 0.723. The number of para-hydroxylation sites is 2. The quantitative estimate of drug-likeness (QED) is 0.833. The fourth-order valence-corrected chi connectivity index (χ4v) is 3.64. The number of aliphatic hydroxyl groups is 1. The second kappa shape index (κ2) is 7.11. The Morgan fingerprint density at radius 3 is 2.62 bits per heavy atom. The first-order valence-electron chi connectivity index (χ1n) is 7.17. The Bertz CT molecular complexity index is 554.